The lowest BCUT2D eigenvalue weighted by Crippen LogP contribution is -2.44. The average Bonchev–Trinajstić information content (AvgIpc) is 2.47. The summed E-state index contributed by atoms with van der Waals surface area (Å²) in [5.74, 6) is 0.298. The van der Waals surface area contributed by atoms with E-state index < -0.39 is 0 Å². The first-order valence-electron chi connectivity index (χ1n) is 8.47. The summed E-state index contributed by atoms with van der Waals surface area (Å²) >= 11 is 0. The van der Waals surface area contributed by atoms with E-state index in [2.05, 4.69) is 57.3 Å². The molecule has 0 spiro atoms. The van der Waals surface area contributed by atoms with Crippen molar-refractivity contribution in [3.63, 3.8) is 0 Å². The van der Waals surface area contributed by atoms with E-state index >= 15 is 0 Å². The van der Waals surface area contributed by atoms with Crippen molar-refractivity contribution in [2.75, 3.05) is 13.2 Å². The Kier molecular flexibility index (Phi) is 6.01. The van der Waals surface area contributed by atoms with Gasteiger partial charge in [0.15, 0.2) is 0 Å². The highest BCUT2D eigenvalue weighted by molar-refractivity contribution is 5.22. The predicted molar refractivity (Wildman–Crippen MR) is 91.1 cm³/mol. The summed E-state index contributed by atoms with van der Waals surface area (Å²) < 4.78 is 5.82. The van der Waals surface area contributed by atoms with Crippen LogP contribution in [-0.4, -0.2) is 36.5 Å². The van der Waals surface area contributed by atoms with Gasteiger partial charge in [-0.25, -0.2) is 0 Å². The number of benzene rings is 1. The Morgan fingerprint density at radius 3 is 2.32 bits per heavy atom. The van der Waals surface area contributed by atoms with Crippen molar-refractivity contribution >= 4 is 0 Å². The maximum Gasteiger partial charge on any atom is 0.0565 e. The van der Waals surface area contributed by atoms with Crippen LogP contribution in [-0.2, 0) is 4.74 Å². The molecular formula is C19H31NO2. The predicted octanol–water partition coefficient (Wildman–Crippen LogP) is 3.33. The van der Waals surface area contributed by atoms with Gasteiger partial charge in [-0.1, -0.05) is 44.2 Å². The highest BCUT2D eigenvalue weighted by Gasteiger charge is 2.31. The third kappa shape index (κ3) is 4.55. The first-order chi connectivity index (χ1) is 10.4. The molecule has 2 rings (SSSR count). The minimum atomic E-state index is -0.142. The standard InChI is InChI=1S/C19H31NO2/c1-14-10-17(11-15(2)22-14)20-12-18(19(3,4)13-21)16-8-6-5-7-9-16/h5-9,14-15,17-18,20-21H,10-13H2,1-4H3. The molecule has 3 nitrogen and oxygen atoms in total. The molecule has 3 atom stereocenters. The summed E-state index contributed by atoms with van der Waals surface area (Å²) in [5.41, 5.74) is 1.15. The molecule has 0 saturated carbocycles. The van der Waals surface area contributed by atoms with Gasteiger partial charge in [0.25, 0.3) is 0 Å². The molecule has 124 valence electrons. The second kappa shape index (κ2) is 7.58. The van der Waals surface area contributed by atoms with Crippen molar-refractivity contribution in [2.24, 2.45) is 5.41 Å². The molecule has 0 radical (unpaired) electrons. The number of hydrogen-bond donors (Lipinski definition) is 2. The smallest absolute Gasteiger partial charge is 0.0565 e. The van der Waals surface area contributed by atoms with E-state index in [4.69, 9.17) is 4.74 Å². The van der Waals surface area contributed by atoms with Crippen LogP contribution in [0.25, 0.3) is 0 Å². The molecule has 0 bridgehead atoms. The van der Waals surface area contributed by atoms with Crippen molar-refractivity contribution in [2.45, 2.75) is 64.7 Å². The Balaban J connectivity index is 2.04. The zero-order chi connectivity index (χ0) is 16.2. The van der Waals surface area contributed by atoms with E-state index in [1.165, 1.54) is 5.56 Å². The van der Waals surface area contributed by atoms with Crippen LogP contribution in [0.15, 0.2) is 30.3 Å². The highest BCUT2D eigenvalue weighted by Crippen LogP contribution is 2.35. The Morgan fingerprint density at radius 2 is 1.77 bits per heavy atom. The first kappa shape index (κ1) is 17.5. The van der Waals surface area contributed by atoms with E-state index in [0.717, 1.165) is 19.4 Å². The van der Waals surface area contributed by atoms with Gasteiger partial charge in [0.2, 0.25) is 0 Å². The van der Waals surface area contributed by atoms with Crippen molar-refractivity contribution in [1.29, 1.82) is 0 Å². The summed E-state index contributed by atoms with van der Waals surface area (Å²) in [5, 5.41) is 13.5. The first-order valence-corrected chi connectivity index (χ1v) is 8.47. The third-order valence-electron chi connectivity index (χ3n) is 4.86. The fourth-order valence-electron chi connectivity index (χ4n) is 3.50. The quantitative estimate of drug-likeness (QED) is 0.847. The SMILES string of the molecule is CC1CC(NCC(c2ccccc2)C(C)(C)CO)CC(C)O1. The summed E-state index contributed by atoms with van der Waals surface area (Å²) in [6.07, 6.45) is 2.76. The van der Waals surface area contributed by atoms with Gasteiger partial charge in [0.1, 0.15) is 0 Å². The van der Waals surface area contributed by atoms with E-state index in [0.29, 0.717) is 24.2 Å². The van der Waals surface area contributed by atoms with Gasteiger partial charge < -0.3 is 15.2 Å². The molecule has 1 aliphatic rings. The molecule has 2 N–H and O–H groups in total. The van der Waals surface area contributed by atoms with Crippen LogP contribution in [0.3, 0.4) is 0 Å². The maximum atomic E-state index is 9.80. The number of nitrogens with one attached hydrogen (secondary N) is 1. The molecule has 1 fully saturated rings. The summed E-state index contributed by atoms with van der Waals surface area (Å²) in [4.78, 5) is 0. The van der Waals surface area contributed by atoms with Gasteiger partial charge in [-0.3, -0.25) is 0 Å². The van der Waals surface area contributed by atoms with Crippen molar-refractivity contribution in [3.8, 4) is 0 Å². The van der Waals surface area contributed by atoms with Crippen LogP contribution < -0.4 is 5.32 Å². The number of hydrogen-bond acceptors (Lipinski definition) is 3. The molecule has 1 aromatic carbocycles. The Bertz CT molecular complexity index is 436. The van der Waals surface area contributed by atoms with Gasteiger partial charge in [0.05, 0.1) is 12.2 Å². The minimum absolute atomic E-state index is 0.142. The highest BCUT2D eigenvalue weighted by atomic mass is 16.5. The Hall–Kier alpha value is -0.900. The molecule has 3 heteroatoms. The van der Waals surface area contributed by atoms with E-state index in [1.807, 2.05) is 6.07 Å². The third-order valence-corrected chi connectivity index (χ3v) is 4.86. The van der Waals surface area contributed by atoms with E-state index in [1.54, 1.807) is 0 Å². The molecule has 0 aliphatic carbocycles. The number of ether oxygens (including phenoxy) is 1. The summed E-state index contributed by atoms with van der Waals surface area (Å²) in [7, 11) is 0. The monoisotopic (exact) mass is 305 g/mol. The number of aliphatic hydroxyl groups excluding tert-OH is 1. The molecule has 0 aromatic heterocycles. The lowest BCUT2D eigenvalue weighted by atomic mass is 9.75. The molecule has 22 heavy (non-hydrogen) atoms. The number of aliphatic hydroxyl groups is 1. The van der Waals surface area contributed by atoms with Crippen molar-refractivity contribution < 1.29 is 9.84 Å². The zero-order valence-corrected chi connectivity index (χ0v) is 14.4. The Morgan fingerprint density at radius 1 is 1.18 bits per heavy atom. The second-order valence-electron chi connectivity index (χ2n) is 7.44. The van der Waals surface area contributed by atoms with Crippen LogP contribution >= 0.6 is 0 Å². The fraction of sp³-hybridized carbons (Fsp3) is 0.684. The van der Waals surface area contributed by atoms with Crippen LogP contribution in [0.2, 0.25) is 0 Å². The van der Waals surface area contributed by atoms with Gasteiger partial charge >= 0.3 is 0 Å². The minimum Gasteiger partial charge on any atom is -0.396 e. The molecule has 1 aromatic rings. The van der Waals surface area contributed by atoms with Crippen molar-refractivity contribution in [3.05, 3.63) is 35.9 Å². The van der Waals surface area contributed by atoms with Gasteiger partial charge in [-0.05, 0) is 37.7 Å². The van der Waals surface area contributed by atoms with Crippen LogP contribution in [0.1, 0.15) is 52.0 Å². The molecule has 1 saturated heterocycles. The molecule has 0 amide bonds. The van der Waals surface area contributed by atoms with Gasteiger partial charge in [-0.2, -0.15) is 0 Å². The summed E-state index contributed by atoms with van der Waals surface area (Å²) in [6.45, 7) is 9.66. The molecular weight excluding hydrogens is 274 g/mol. The number of rotatable bonds is 6. The van der Waals surface area contributed by atoms with Crippen LogP contribution in [0.4, 0.5) is 0 Å². The Labute approximate surface area is 135 Å². The van der Waals surface area contributed by atoms with E-state index in [9.17, 15) is 5.11 Å². The molecule has 1 aliphatic heterocycles. The largest absolute Gasteiger partial charge is 0.396 e. The summed E-state index contributed by atoms with van der Waals surface area (Å²) in [6, 6.07) is 11.0. The lowest BCUT2D eigenvalue weighted by Gasteiger charge is -2.37. The normalized spacial score (nSPS) is 27.6. The van der Waals surface area contributed by atoms with Gasteiger partial charge in [-0.15, -0.1) is 0 Å². The second-order valence-corrected chi connectivity index (χ2v) is 7.44. The topological polar surface area (TPSA) is 41.5 Å². The average molecular weight is 305 g/mol. The molecule has 3 unspecified atom stereocenters. The van der Waals surface area contributed by atoms with Gasteiger partial charge in [0, 0.05) is 25.1 Å². The van der Waals surface area contributed by atoms with Crippen LogP contribution in [0.5, 0.6) is 0 Å². The molecule has 1 heterocycles. The van der Waals surface area contributed by atoms with Crippen LogP contribution in [0, 0.1) is 5.41 Å². The lowest BCUT2D eigenvalue weighted by molar-refractivity contribution is -0.0427. The van der Waals surface area contributed by atoms with Crippen molar-refractivity contribution in [1.82, 2.24) is 5.32 Å². The fourth-order valence-corrected chi connectivity index (χ4v) is 3.50. The van der Waals surface area contributed by atoms with E-state index in [-0.39, 0.29) is 12.0 Å². The maximum absolute atomic E-state index is 9.80. The zero-order valence-electron chi connectivity index (χ0n) is 14.4.